The summed E-state index contributed by atoms with van der Waals surface area (Å²) in [7, 11) is 1.96. The average molecular weight is 476 g/mol. The van der Waals surface area contributed by atoms with E-state index in [1.165, 1.54) is 25.9 Å². The van der Waals surface area contributed by atoms with Crippen molar-refractivity contribution in [3.05, 3.63) is 18.0 Å². The van der Waals surface area contributed by atoms with Gasteiger partial charge in [0.15, 0.2) is 5.96 Å². The molecule has 1 aromatic heterocycles. The largest absolute Gasteiger partial charge is 0.357 e. The van der Waals surface area contributed by atoms with Crippen LogP contribution < -0.4 is 10.6 Å². The molecule has 1 aromatic rings. The zero-order chi connectivity index (χ0) is 18.2. The maximum absolute atomic E-state index is 4.72. The van der Waals surface area contributed by atoms with Crippen molar-refractivity contribution < 1.29 is 0 Å². The lowest BCUT2D eigenvalue weighted by atomic mass is 9.94. The van der Waals surface area contributed by atoms with Gasteiger partial charge < -0.3 is 10.6 Å². The molecule has 1 unspecified atom stereocenters. The number of piperidine rings is 1. The third kappa shape index (κ3) is 7.06. The van der Waals surface area contributed by atoms with E-state index in [-0.39, 0.29) is 24.0 Å². The van der Waals surface area contributed by atoms with Gasteiger partial charge in [0.2, 0.25) is 0 Å². The Morgan fingerprint density at radius 1 is 1.31 bits per heavy atom. The van der Waals surface area contributed by atoms with Gasteiger partial charge >= 0.3 is 0 Å². The van der Waals surface area contributed by atoms with Gasteiger partial charge in [-0.15, -0.1) is 24.0 Å². The lowest BCUT2D eigenvalue weighted by Crippen LogP contribution is -2.51. The van der Waals surface area contributed by atoms with E-state index in [9.17, 15) is 0 Å². The van der Waals surface area contributed by atoms with E-state index < -0.39 is 0 Å². The zero-order valence-corrected chi connectivity index (χ0v) is 19.4. The average Bonchev–Trinajstić information content (AvgIpc) is 2.99. The van der Waals surface area contributed by atoms with E-state index in [4.69, 9.17) is 4.99 Å². The Bertz CT molecular complexity index is 534. The normalized spacial score (nSPS) is 17.8. The van der Waals surface area contributed by atoms with E-state index in [0.29, 0.717) is 18.5 Å². The molecule has 0 aromatic carbocycles. The number of aliphatic imine (C=N–C) groups is 1. The van der Waals surface area contributed by atoms with E-state index >= 15 is 0 Å². The molecule has 1 aliphatic rings. The van der Waals surface area contributed by atoms with Crippen molar-refractivity contribution in [2.24, 2.45) is 23.9 Å². The summed E-state index contributed by atoms with van der Waals surface area (Å²) in [6.07, 6.45) is 4.45. The third-order valence-corrected chi connectivity index (χ3v) is 5.20. The first-order valence-corrected chi connectivity index (χ1v) is 9.74. The number of hydrogen-bond donors (Lipinski definition) is 2. The van der Waals surface area contributed by atoms with Gasteiger partial charge in [0.25, 0.3) is 0 Å². The number of guanidine groups is 1. The summed E-state index contributed by atoms with van der Waals surface area (Å²) in [5.74, 6) is 2.38. The van der Waals surface area contributed by atoms with Gasteiger partial charge in [-0.05, 0) is 50.8 Å². The molecule has 0 radical (unpaired) electrons. The van der Waals surface area contributed by atoms with Gasteiger partial charge in [0.05, 0.1) is 12.2 Å². The molecule has 6 nitrogen and oxygen atoms in total. The van der Waals surface area contributed by atoms with Gasteiger partial charge in [-0.2, -0.15) is 5.10 Å². The van der Waals surface area contributed by atoms with Gasteiger partial charge in [-0.3, -0.25) is 9.58 Å². The maximum Gasteiger partial charge on any atom is 0.191 e. The second-order valence-electron chi connectivity index (χ2n) is 7.55. The van der Waals surface area contributed by atoms with E-state index in [1.54, 1.807) is 0 Å². The van der Waals surface area contributed by atoms with Crippen LogP contribution in [-0.4, -0.2) is 52.9 Å². The molecule has 1 fully saturated rings. The van der Waals surface area contributed by atoms with E-state index in [0.717, 1.165) is 30.7 Å². The molecule has 26 heavy (non-hydrogen) atoms. The lowest BCUT2D eigenvalue weighted by Gasteiger charge is -2.39. The predicted molar refractivity (Wildman–Crippen MR) is 120 cm³/mol. The van der Waals surface area contributed by atoms with Crippen LogP contribution in [0.5, 0.6) is 0 Å². The molecule has 0 saturated carbocycles. The standard InChI is InChI=1S/C19H36N6.HI/c1-6-20-19(21-13-17-7-10-23-24(17)5)22-14-18(15(2)3)25-11-8-16(4)9-12-25;/h7,10,15-16,18H,6,8-9,11-14H2,1-5H3,(H2,20,21,22);1H. The highest BCUT2D eigenvalue weighted by atomic mass is 127. The summed E-state index contributed by atoms with van der Waals surface area (Å²) >= 11 is 0. The fraction of sp³-hybridized carbons (Fsp3) is 0.789. The fourth-order valence-corrected chi connectivity index (χ4v) is 3.41. The summed E-state index contributed by atoms with van der Waals surface area (Å²) in [5.41, 5.74) is 1.11. The Hall–Kier alpha value is -0.830. The van der Waals surface area contributed by atoms with Crippen molar-refractivity contribution in [2.45, 2.75) is 53.1 Å². The van der Waals surface area contributed by atoms with Crippen LogP contribution in [-0.2, 0) is 13.6 Å². The molecule has 2 heterocycles. The van der Waals surface area contributed by atoms with Crippen LogP contribution in [0, 0.1) is 11.8 Å². The van der Waals surface area contributed by atoms with Crippen LogP contribution in [0.25, 0.3) is 0 Å². The molecule has 1 aliphatic heterocycles. The number of aryl methyl sites for hydroxylation is 1. The molecular formula is C19H37IN6. The lowest BCUT2D eigenvalue weighted by molar-refractivity contribution is 0.110. The second-order valence-corrected chi connectivity index (χ2v) is 7.55. The van der Waals surface area contributed by atoms with Crippen molar-refractivity contribution in [1.82, 2.24) is 25.3 Å². The topological polar surface area (TPSA) is 57.5 Å². The monoisotopic (exact) mass is 476 g/mol. The first-order valence-electron chi connectivity index (χ1n) is 9.74. The van der Waals surface area contributed by atoms with Crippen molar-refractivity contribution >= 4 is 29.9 Å². The summed E-state index contributed by atoms with van der Waals surface area (Å²) in [6, 6.07) is 2.56. The minimum Gasteiger partial charge on any atom is -0.357 e. The first kappa shape index (κ1) is 23.2. The number of halogens is 1. The molecule has 0 spiro atoms. The predicted octanol–water partition coefficient (Wildman–Crippen LogP) is 2.85. The SMILES string of the molecule is CCNC(=NCc1ccnn1C)NCC(C(C)C)N1CCC(C)CC1.I. The van der Waals surface area contributed by atoms with E-state index in [1.807, 2.05) is 24.0 Å². The highest BCUT2D eigenvalue weighted by Crippen LogP contribution is 2.21. The molecule has 0 aliphatic carbocycles. The third-order valence-electron chi connectivity index (χ3n) is 5.20. The highest BCUT2D eigenvalue weighted by molar-refractivity contribution is 14.0. The fourth-order valence-electron chi connectivity index (χ4n) is 3.41. The van der Waals surface area contributed by atoms with Gasteiger partial charge in [0, 0.05) is 32.4 Å². The van der Waals surface area contributed by atoms with Crippen molar-refractivity contribution in [3.63, 3.8) is 0 Å². The van der Waals surface area contributed by atoms with Gasteiger partial charge in [-0.1, -0.05) is 20.8 Å². The van der Waals surface area contributed by atoms with Crippen LogP contribution in [0.4, 0.5) is 0 Å². The van der Waals surface area contributed by atoms with Crippen molar-refractivity contribution in [1.29, 1.82) is 0 Å². The van der Waals surface area contributed by atoms with Crippen LogP contribution in [0.15, 0.2) is 17.3 Å². The second kappa shape index (κ2) is 11.8. The van der Waals surface area contributed by atoms with Crippen LogP contribution >= 0.6 is 24.0 Å². The summed E-state index contributed by atoms with van der Waals surface area (Å²) in [5, 5.41) is 11.1. The number of nitrogens with one attached hydrogen (secondary N) is 2. The molecule has 2 N–H and O–H groups in total. The Labute approximate surface area is 176 Å². The Morgan fingerprint density at radius 2 is 2.00 bits per heavy atom. The van der Waals surface area contributed by atoms with Gasteiger partial charge in [-0.25, -0.2) is 4.99 Å². The summed E-state index contributed by atoms with van der Waals surface area (Å²) in [4.78, 5) is 7.38. The van der Waals surface area contributed by atoms with Crippen molar-refractivity contribution in [2.75, 3.05) is 26.2 Å². The number of rotatable bonds is 7. The Morgan fingerprint density at radius 3 is 2.54 bits per heavy atom. The maximum atomic E-state index is 4.72. The molecular weight excluding hydrogens is 439 g/mol. The Kier molecular flexibility index (Phi) is 10.5. The minimum absolute atomic E-state index is 0. The van der Waals surface area contributed by atoms with Crippen LogP contribution in [0.2, 0.25) is 0 Å². The number of likely N-dealkylation sites (tertiary alicyclic amines) is 1. The highest BCUT2D eigenvalue weighted by Gasteiger charge is 2.25. The number of hydrogen-bond acceptors (Lipinski definition) is 3. The molecule has 1 saturated heterocycles. The molecule has 2 rings (SSSR count). The molecule has 1 atom stereocenters. The van der Waals surface area contributed by atoms with E-state index in [2.05, 4.69) is 48.3 Å². The Balaban J connectivity index is 0.00000338. The van der Waals surface area contributed by atoms with Crippen LogP contribution in [0.1, 0.15) is 46.2 Å². The summed E-state index contributed by atoms with van der Waals surface area (Å²) in [6.45, 7) is 14.0. The zero-order valence-electron chi connectivity index (χ0n) is 17.0. The number of aromatic nitrogens is 2. The van der Waals surface area contributed by atoms with Crippen molar-refractivity contribution in [3.8, 4) is 0 Å². The summed E-state index contributed by atoms with van der Waals surface area (Å²) < 4.78 is 1.87. The molecule has 150 valence electrons. The smallest absolute Gasteiger partial charge is 0.191 e. The first-order chi connectivity index (χ1) is 12.0. The van der Waals surface area contributed by atoms with Gasteiger partial charge in [0.1, 0.15) is 0 Å². The molecule has 7 heteroatoms. The molecule has 0 amide bonds. The van der Waals surface area contributed by atoms with Crippen LogP contribution in [0.3, 0.4) is 0 Å². The quantitative estimate of drug-likeness (QED) is 0.361. The molecule has 0 bridgehead atoms. The number of nitrogens with zero attached hydrogens (tertiary/aromatic N) is 4. The minimum atomic E-state index is 0.